The van der Waals surface area contributed by atoms with Crippen LogP contribution in [0, 0.1) is 12.3 Å². The topological polar surface area (TPSA) is 246 Å². The molecule has 0 bridgehead atoms. The molecule has 5 aromatic rings. The molecule has 0 radical (unpaired) electrons. The maximum Gasteiger partial charge on any atom is 0.490 e. The summed E-state index contributed by atoms with van der Waals surface area (Å²) in [5.41, 5.74) is 3.49. The molecule has 2 aromatic heterocycles. The van der Waals surface area contributed by atoms with Gasteiger partial charge in [0.1, 0.15) is 12.1 Å². The number of nitrogens with one attached hydrogen (secondary N) is 5. The Bertz CT molecular complexity index is 3060. The SMILES string of the molecule is Cc1ncsc1-c1ccc(CNC(=O)[C@@H]2C[C@@H](O)CN2C(=O)[C@@H](NC(=O)CCCCCNC(=O)c2ccc(-c3ccc(N4CCN(C)CC4)c(NC(=O)c4c[nH]c(=O)cc4C(F)(F)F)c3)cc2)C(C)(C)C)cc1.O=C(O)C(F)(F)F. The summed E-state index contributed by atoms with van der Waals surface area (Å²) in [6.45, 7) is 10.7. The lowest BCUT2D eigenvalue weighted by molar-refractivity contribution is -0.192. The number of anilines is 2. The van der Waals surface area contributed by atoms with E-state index in [0.29, 0.717) is 67.3 Å². The lowest BCUT2D eigenvalue weighted by atomic mass is 9.85. The monoisotopic (exact) mass is 1140 g/mol. The number of β-amino-alcohol motifs (C(OH)–C–C–N with tert-alkyl or cyclic N) is 1. The zero-order chi connectivity index (χ0) is 58.7. The Hall–Kier alpha value is -7.64. The maximum absolute atomic E-state index is 14.1. The molecule has 7 N–H and O–H groups in total. The number of thiazole rings is 1. The molecule has 7 rings (SSSR count). The second kappa shape index (κ2) is 26.5. The molecule has 4 heterocycles. The van der Waals surface area contributed by atoms with Crippen molar-refractivity contribution in [3.63, 3.8) is 0 Å². The first kappa shape index (κ1) is 61.6. The number of nitrogens with zero attached hydrogens (tertiary/aromatic N) is 4. The van der Waals surface area contributed by atoms with E-state index in [9.17, 15) is 60.2 Å². The van der Waals surface area contributed by atoms with Crippen molar-refractivity contribution in [3.8, 4) is 21.6 Å². The van der Waals surface area contributed by atoms with Crippen LogP contribution in [0.25, 0.3) is 21.6 Å². The zero-order valence-corrected chi connectivity index (χ0v) is 45.3. The summed E-state index contributed by atoms with van der Waals surface area (Å²) in [7, 11) is 1.99. The normalized spacial score (nSPS) is 16.2. The van der Waals surface area contributed by atoms with Gasteiger partial charge in [0.15, 0.2) is 0 Å². The number of aliphatic hydroxyl groups is 1. The van der Waals surface area contributed by atoms with Gasteiger partial charge in [-0.05, 0) is 78.7 Å². The Morgan fingerprint density at radius 3 is 2.06 bits per heavy atom. The van der Waals surface area contributed by atoms with Crippen LogP contribution >= 0.6 is 11.3 Å². The van der Waals surface area contributed by atoms with E-state index in [-0.39, 0.29) is 49.3 Å². The van der Waals surface area contributed by atoms with Gasteiger partial charge in [0.2, 0.25) is 23.3 Å². The number of carbonyl (C=O) groups is 6. The number of amides is 5. The van der Waals surface area contributed by atoms with Crippen molar-refractivity contribution in [2.45, 2.75) is 96.9 Å². The summed E-state index contributed by atoms with van der Waals surface area (Å²) in [6, 6.07) is 18.4. The molecule has 2 fully saturated rings. The van der Waals surface area contributed by atoms with Crippen LogP contribution in [0.1, 0.15) is 90.4 Å². The molecule has 18 nitrogen and oxygen atoms in total. The molecule has 3 atom stereocenters. The van der Waals surface area contributed by atoms with Crippen molar-refractivity contribution in [2.24, 2.45) is 5.41 Å². The molecule has 3 aromatic carbocycles. The molecule has 0 unspecified atom stereocenters. The van der Waals surface area contributed by atoms with E-state index in [4.69, 9.17) is 9.90 Å². The molecule has 25 heteroatoms. The highest BCUT2D eigenvalue weighted by Gasteiger charge is 2.45. The third kappa shape index (κ3) is 16.7. The number of likely N-dealkylation sites (N-methyl/N-ethyl adjacent to an activating group) is 1. The van der Waals surface area contributed by atoms with E-state index < -0.39 is 70.4 Å². The summed E-state index contributed by atoms with van der Waals surface area (Å²) >= 11 is 1.56. The second-order valence-electron chi connectivity index (χ2n) is 20.5. The van der Waals surface area contributed by atoms with Crippen molar-refractivity contribution in [3.05, 3.63) is 123 Å². The average molecular weight is 1140 g/mol. The van der Waals surface area contributed by atoms with Crippen LogP contribution in [0.15, 0.2) is 89.3 Å². The third-order valence-corrected chi connectivity index (χ3v) is 14.3. The number of alkyl halides is 6. The summed E-state index contributed by atoms with van der Waals surface area (Å²) in [4.78, 5) is 101. The number of likely N-dealkylation sites (tertiary alicyclic amines) is 1. The maximum atomic E-state index is 14.1. The fraction of sp³-hybridized carbons (Fsp3) is 0.418. The highest BCUT2D eigenvalue weighted by atomic mass is 32.1. The highest BCUT2D eigenvalue weighted by molar-refractivity contribution is 7.13. The number of aryl methyl sites for hydroxylation is 1. The summed E-state index contributed by atoms with van der Waals surface area (Å²) in [6.07, 6.45) is -8.28. The van der Waals surface area contributed by atoms with Gasteiger partial charge < -0.3 is 51.2 Å². The summed E-state index contributed by atoms with van der Waals surface area (Å²) in [5.74, 6) is -5.27. The van der Waals surface area contributed by atoms with Crippen LogP contribution in [0.2, 0.25) is 0 Å². The van der Waals surface area contributed by atoms with Gasteiger partial charge in [-0.2, -0.15) is 26.3 Å². The molecule has 0 saturated carbocycles. The van der Waals surface area contributed by atoms with E-state index in [1.165, 1.54) is 4.90 Å². The molecular formula is C55H63F6N9O9S. The van der Waals surface area contributed by atoms with Gasteiger partial charge >= 0.3 is 18.3 Å². The lowest BCUT2D eigenvalue weighted by Crippen LogP contribution is -2.57. The number of carbonyl (C=O) groups excluding carboxylic acids is 5. The van der Waals surface area contributed by atoms with Gasteiger partial charge in [-0.25, -0.2) is 9.78 Å². The molecule has 80 heavy (non-hydrogen) atoms. The number of rotatable bonds is 17. The molecular weight excluding hydrogens is 1080 g/mol. The third-order valence-electron chi connectivity index (χ3n) is 13.4. The number of benzene rings is 3. The quantitative estimate of drug-likeness (QED) is 0.0360. The van der Waals surface area contributed by atoms with Crippen LogP contribution in [0.4, 0.5) is 37.7 Å². The summed E-state index contributed by atoms with van der Waals surface area (Å²) < 4.78 is 73.4. The Balaban J connectivity index is 0.00000138. The van der Waals surface area contributed by atoms with Gasteiger partial charge in [0.05, 0.1) is 44.7 Å². The van der Waals surface area contributed by atoms with Crippen molar-refractivity contribution in [1.29, 1.82) is 0 Å². The first-order chi connectivity index (χ1) is 37.6. The molecule has 430 valence electrons. The minimum Gasteiger partial charge on any atom is -0.475 e. The summed E-state index contributed by atoms with van der Waals surface area (Å²) in [5, 5.41) is 29.1. The molecule has 2 aliphatic rings. The minimum absolute atomic E-state index is 0.0351. The Morgan fingerprint density at radius 2 is 1.46 bits per heavy atom. The number of aliphatic carboxylic acids is 1. The number of unbranched alkanes of at least 4 members (excludes halogenated alkanes) is 2. The van der Waals surface area contributed by atoms with Crippen molar-refractivity contribution >= 4 is 58.2 Å². The fourth-order valence-electron chi connectivity index (χ4n) is 8.94. The van der Waals surface area contributed by atoms with Gasteiger partial charge in [-0.15, -0.1) is 11.3 Å². The van der Waals surface area contributed by atoms with Crippen molar-refractivity contribution in [2.75, 3.05) is 56.5 Å². The highest BCUT2D eigenvalue weighted by Crippen LogP contribution is 2.36. The first-order valence-electron chi connectivity index (χ1n) is 25.5. The van der Waals surface area contributed by atoms with Crippen LogP contribution < -0.4 is 31.7 Å². The smallest absolute Gasteiger partial charge is 0.475 e. The zero-order valence-electron chi connectivity index (χ0n) is 44.5. The van der Waals surface area contributed by atoms with Gasteiger partial charge in [0, 0.05) is 76.5 Å². The van der Waals surface area contributed by atoms with E-state index in [0.717, 1.165) is 41.0 Å². The molecule has 2 aliphatic heterocycles. The number of carboxylic acid groups (broad SMARTS) is 1. The average Bonchev–Trinajstić information content (AvgIpc) is 4.02. The predicted octanol–water partition coefficient (Wildman–Crippen LogP) is 7.23. The van der Waals surface area contributed by atoms with Crippen LogP contribution in [-0.4, -0.2) is 136 Å². The molecule has 0 spiro atoms. The van der Waals surface area contributed by atoms with Gasteiger partial charge in [-0.3, -0.25) is 28.8 Å². The van der Waals surface area contributed by atoms with Gasteiger partial charge in [-0.1, -0.05) is 69.7 Å². The number of H-pyrrole nitrogens is 1. The predicted molar refractivity (Wildman–Crippen MR) is 288 cm³/mol. The Morgan fingerprint density at radius 1 is 0.825 bits per heavy atom. The number of hydrogen-bond donors (Lipinski definition) is 7. The number of piperazine rings is 1. The standard InChI is InChI=1S/C53H62F3N9O7S.C2HF3O2/c1-32-46(73-31-60-32)35-12-10-33(11-13-35)28-59-50(71)43-26-38(66)30-65(43)51(72)47(52(2,3)4)62-44(67)9-7-6-8-20-57-48(69)36-16-14-34(15-17-36)37-18-19-42(64-23-21-63(5)22-24-64)41(25-37)61-49(70)39-29-58-45(68)27-40(39)53(54,55)56;3-2(4,5)1(6)7/h10-19,25,27,29,31,38,43,47,66H,6-9,20-24,26,28,30H2,1-5H3,(H,57,69)(H,58,68)(H,59,71)(H,61,70)(H,62,67);(H,6,7)/t38-,43+,47-;/m1./s1. The van der Waals surface area contributed by atoms with E-state index in [1.54, 1.807) is 53.2 Å². The minimum atomic E-state index is -5.08. The number of aromatic nitrogens is 2. The number of aromatic amines is 1. The molecule has 5 amide bonds. The number of halogens is 6. The first-order valence-corrected chi connectivity index (χ1v) is 26.4. The number of carboxylic acids is 1. The second-order valence-corrected chi connectivity index (χ2v) is 21.3. The van der Waals surface area contributed by atoms with E-state index in [2.05, 4.69) is 36.1 Å². The van der Waals surface area contributed by atoms with E-state index >= 15 is 0 Å². The van der Waals surface area contributed by atoms with Crippen molar-refractivity contribution < 1.29 is 65.3 Å². The Kier molecular flexibility index (Phi) is 20.4. The molecule has 2 saturated heterocycles. The fourth-order valence-corrected chi connectivity index (χ4v) is 9.75. The van der Waals surface area contributed by atoms with Crippen LogP contribution in [-0.2, 0) is 31.9 Å². The Labute approximate surface area is 461 Å². The van der Waals surface area contributed by atoms with Crippen molar-refractivity contribution in [1.82, 2.24) is 35.7 Å². The number of pyridine rings is 1. The number of hydrogen-bond acceptors (Lipinski definition) is 12. The van der Waals surface area contributed by atoms with E-state index in [1.807, 2.05) is 70.0 Å². The van der Waals surface area contributed by atoms with Crippen LogP contribution in [0.3, 0.4) is 0 Å². The lowest BCUT2D eigenvalue weighted by Gasteiger charge is -2.35. The largest absolute Gasteiger partial charge is 0.490 e. The molecule has 0 aliphatic carbocycles. The van der Waals surface area contributed by atoms with Crippen LogP contribution in [0.5, 0.6) is 0 Å². The number of aliphatic hydroxyl groups excluding tert-OH is 1. The van der Waals surface area contributed by atoms with Gasteiger partial charge in [0.25, 0.3) is 11.8 Å².